The van der Waals surface area contributed by atoms with E-state index in [9.17, 15) is 4.21 Å². The highest BCUT2D eigenvalue weighted by Crippen LogP contribution is 2.21. The van der Waals surface area contributed by atoms with Crippen LogP contribution in [0.1, 0.15) is 11.1 Å². The van der Waals surface area contributed by atoms with Crippen LogP contribution in [0.4, 0.5) is 5.69 Å². The van der Waals surface area contributed by atoms with Crippen LogP contribution in [0, 0.1) is 11.3 Å². The van der Waals surface area contributed by atoms with Gasteiger partial charge in [0, 0.05) is 11.8 Å². The fourth-order valence-corrected chi connectivity index (χ4v) is 2.95. The summed E-state index contributed by atoms with van der Waals surface area (Å²) in [7, 11) is -1.41. The first kappa shape index (κ1) is 13.3. The zero-order valence-electron chi connectivity index (χ0n) is 10.9. The molecule has 3 rings (SSSR count). The first-order valence-corrected chi connectivity index (χ1v) is 7.51. The Labute approximate surface area is 123 Å². The lowest BCUT2D eigenvalue weighted by Gasteiger charge is -1.99. The molecule has 0 aliphatic rings. The quantitative estimate of drug-likeness (QED) is 0.750. The van der Waals surface area contributed by atoms with Crippen LogP contribution in [-0.4, -0.2) is 9.19 Å². The second-order valence-electron chi connectivity index (χ2n) is 4.51. The number of hydrogen-bond donors (Lipinski definition) is 1. The summed E-state index contributed by atoms with van der Waals surface area (Å²) >= 11 is 0. The molecule has 1 aromatic heterocycles. The van der Waals surface area contributed by atoms with Crippen LogP contribution in [0.5, 0.6) is 0 Å². The number of rotatable bonds is 3. The Balaban J connectivity index is 1.88. The Morgan fingerprint density at radius 2 is 2.14 bits per heavy atom. The van der Waals surface area contributed by atoms with Crippen LogP contribution in [-0.2, 0) is 16.6 Å². The van der Waals surface area contributed by atoms with Gasteiger partial charge in [0.15, 0.2) is 5.58 Å². The maximum Gasteiger partial charge on any atom is 0.288 e. The van der Waals surface area contributed by atoms with Crippen LogP contribution in [0.2, 0.25) is 0 Å². The van der Waals surface area contributed by atoms with Crippen molar-refractivity contribution in [1.82, 2.24) is 4.98 Å². The van der Waals surface area contributed by atoms with Gasteiger partial charge in [-0.1, -0.05) is 12.1 Å². The predicted molar refractivity (Wildman–Crippen MR) is 79.7 cm³/mol. The molecule has 104 valence electrons. The highest BCUT2D eigenvalue weighted by atomic mass is 32.2. The summed E-state index contributed by atoms with van der Waals surface area (Å²) in [6.45, 7) is 0. The molecule has 0 spiro atoms. The average molecular weight is 297 g/mol. The standard InChI is InChI=1S/C15H11N3O2S/c16-8-10-2-1-3-11(6-10)9-21(19)15-18-13-5-4-12(17)7-14(13)20-15/h1-7H,9,17H2. The Bertz CT molecular complexity index is 880. The van der Waals surface area contributed by atoms with E-state index in [1.54, 1.807) is 36.4 Å². The van der Waals surface area contributed by atoms with Gasteiger partial charge in [0.25, 0.3) is 5.22 Å². The average Bonchev–Trinajstić information content (AvgIpc) is 2.90. The molecule has 0 fully saturated rings. The van der Waals surface area contributed by atoms with E-state index in [4.69, 9.17) is 15.4 Å². The number of nitriles is 1. The lowest BCUT2D eigenvalue weighted by atomic mass is 10.2. The maximum atomic E-state index is 12.3. The molecule has 0 saturated heterocycles. The lowest BCUT2D eigenvalue weighted by molar-refractivity contribution is 0.477. The van der Waals surface area contributed by atoms with E-state index in [2.05, 4.69) is 11.1 Å². The molecule has 1 atom stereocenters. The minimum absolute atomic E-state index is 0.165. The monoisotopic (exact) mass is 297 g/mol. The molecule has 5 nitrogen and oxygen atoms in total. The molecule has 1 unspecified atom stereocenters. The number of anilines is 1. The number of hydrogen-bond acceptors (Lipinski definition) is 5. The smallest absolute Gasteiger partial charge is 0.288 e. The van der Waals surface area contributed by atoms with E-state index in [0.29, 0.717) is 22.4 Å². The van der Waals surface area contributed by atoms with Crippen LogP contribution in [0.15, 0.2) is 52.1 Å². The van der Waals surface area contributed by atoms with Crippen molar-refractivity contribution in [2.75, 3.05) is 5.73 Å². The van der Waals surface area contributed by atoms with Gasteiger partial charge < -0.3 is 10.2 Å². The summed E-state index contributed by atoms with van der Waals surface area (Å²) in [6.07, 6.45) is 0. The van der Waals surface area contributed by atoms with Crippen LogP contribution in [0.25, 0.3) is 11.1 Å². The van der Waals surface area contributed by atoms with Crippen molar-refractivity contribution in [2.45, 2.75) is 11.0 Å². The molecule has 3 aromatic rings. The Kier molecular flexibility index (Phi) is 3.42. The van der Waals surface area contributed by atoms with Gasteiger partial charge in [-0.3, -0.25) is 0 Å². The summed E-state index contributed by atoms with van der Waals surface area (Å²) in [5.41, 5.74) is 8.72. The Hall–Kier alpha value is -2.65. The molecule has 0 aliphatic carbocycles. The molecule has 2 N–H and O–H groups in total. The Morgan fingerprint density at radius 3 is 2.95 bits per heavy atom. The Morgan fingerprint density at radius 1 is 1.29 bits per heavy atom. The first-order chi connectivity index (χ1) is 10.2. The molecule has 2 aromatic carbocycles. The third-order valence-electron chi connectivity index (χ3n) is 2.94. The molecular weight excluding hydrogens is 286 g/mol. The largest absolute Gasteiger partial charge is 0.430 e. The van der Waals surface area contributed by atoms with Gasteiger partial charge in [0.2, 0.25) is 0 Å². The SMILES string of the molecule is N#Cc1cccc(CS(=O)c2nc3ccc(N)cc3o2)c1. The molecule has 0 bridgehead atoms. The summed E-state index contributed by atoms with van der Waals surface area (Å²) in [5.74, 6) is 0.248. The van der Waals surface area contributed by atoms with Crippen LogP contribution < -0.4 is 5.73 Å². The van der Waals surface area contributed by atoms with Crippen molar-refractivity contribution in [3.05, 3.63) is 53.6 Å². The fraction of sp³-hybridized carbons (Fsp3) is 0.0667. The van der Waals surface area contributed by atoms with Gasteiger partial charge in [-0.25, -0.2) is 9.19 Å². The van der Waals surface area contributed by atoms with Gasteiger partial charge in [0.1, 0.15) is 16.3 Å². The van der Waals surface area contributed by atoms with Crippen molar-refractivity contribution in [3.63, 3.8) is 0 Å². The number of oxazole rings is 1. The van der Waals surface area contributed by atoms with Crippen LogP contribution in [0.3, 0.4) is 0 Å². The third kappa shape index (κ3) is 2.78. The number of aromatic nitrogens is 1. The molecule has 0 saturated carbocycles. The van der Waals surface area contributed by atoms with E-state index in [-0.39, 0.29) is 11.0 Å². The summed E-state index contributed by atoms with van der Waals surface area (Å²) in [6, 6.07) is 14.1. The van der Waals surface area contributed by atoms with Gasteiger partial charge in [0.05, 0.1) is 17.4 Å². The van der Waals surface area contributed by atoms with Gasteiger partial charge in [-0.05, 0) is 29.8 Å². The normalized spacial score (nSPS) is 12.1. The van der Waals surface area contributed by atoms with Crippen LogP contribution >= 0.6 is 0 Å². The van der Waals surface area contributed by atoms with Crippen molar-refractivity contribution >= 4 is 27.6 Å². The summed E-state index contributed by atoms with van der Waals surface area (Å²) in [5, 5.41) is 9.03. The van der Waals surface area contributed by atoms with Crippen molar-refractivity contribution in [3.8, 4) is 6.07 Å². The number of benzene rings is 2. The molecule has 1 heterocycles. The number of nitrogens with zero attached hydrogens (tertiary/aromatic N) is 2. The summed E-state index contributed by atoms with van der Waals surface area (Å²) in [4.78, 5) is 4.21. The van der Waals surface area contributed by atoms with Gasteiger partial charge in [-0.15, -0.1) is 0 Å². The third-order valence-corrected chi connectivity index (χ3v) is 4.10. The zero-order chi connectivity index (χ0) is 14.8. The van der Waals surface area contributed by atoms with Crippen molar-refractivity contribution in [1.29, 1.82) is 5.26 Å². The van der Waals surface area contributed by atoms with Crippen molar-refractivity contribution < 1.29 is 8.63 Å². The fourth-order valence-electron chi connectivity index (χ4n) is 1.96. The first-order valence-electron chi connectivity index (χ1n) is 6.19. The zero-order valence-corrected chi connectivity index (χ0v) is 11.8. The molecule has 6 heteroatoms. The van der Waals surface area contributed by atoms with E-state index >= 15 is 0 Å². The highest BCUT2D eigenvalue weighted by molar-refractivity contribution is 7.84. The van der Waals surface area contributed by atoms with E-state index < -0.39 is 10.8 Å². The van der Waals surface area contributed by atoms with Gasteiger partial charge >= 0.3 is 0 Å². The number of nitrogen functional groups attached to an aromatic ring is 1. The second kappa shape index (κ2) is 5.38. The molecule has 0 radical (unpaired) electrons. The molecular formula is C15H11N3O2S. The molecule has 0 aliphatic heterocycles. The minimum atomic E-state index is -1.41. The molecule has 21 heavy (non-hydrogen) atoms. The molecule has 0 amide bonds. The highest BCUT2D eigenvalue weighted by Gasteiger charge is 2.14. The number of fused-ring (bicyclic) bond motifs is 1. The van der Waals surface area contributed by atoms with E-state index in [1.807, 2.05) is 6.07 Å². The second-order valence-corrected chi connectivity index (χ2v) is 5.84. The van der Waals surface area contributed by atoms with E-state index in [0.717, 1.165) is 5.56 Å². The minimum Gasteiger partial charge on any atom is -0.430 e. The lowest BCUT2D eigenvalue weighted by Crippen LogP contribution is -1.97. The van der Waals surface area contributed by atoms with Gasteiger partial charge in [-0.2, -0.15) is 5.26 Å². The predicted octanol–water partition coefficient (Wildman–Crippen LogP) is 2.59. The topological polar surface area (TPSA) is 92.9 Å². The summed E-state index contributed by atoms with van der Waals surface area (Å²) < 4.78 is 17.8. The number of nitrogens with two attached hydrogens (primary N) is 1. The van der Waals surface area contributed by atoms with Crippen molar-refractivity contribution in [2.24, 2.45) is 0 Å². The maximum absolute atomic E-state index is 12.3. The van der Waals surface area contributed by atoms with E-state index in [1.165, 1.54) is 0 Å².